The van der Waals surface area contributed by atoms with Crippen LogP contribution < -0.4 is 15.6 Å². The van der Waals surface area contributed by atoms with Gasteiger partial charge in [-0.15, -0.1) is 0 Å². The van der Waals surface area contributed by atoms with Crippen molar-refractivity contribution in [2.24, 2.45) is 0 Å². The summed E-state index contributed by atoms with van der Waals surface area (Å²) in [5.41, 5.74) is 2.09. The number of rotatable bonds is 5. The predicted molar refractivity (Wildman–Crippen MR) is 92.6 cm³/mol. The number of H-pyrrole nitrogens is 1. The Balaban J connectivity index is 2.00. The molecule has 0 aliphatic heterocycles. The first-order valence-corrected chi connectivity index (χ1v) is 7.82. The van der Waals surface area contributed by atoms with Crippen LogP contribution in [0.5, 0.6) is 5.75 Å². The first kappa shape index (κ1) is 17.7. The van der Waals surface area contributed by atoms with Crippen LogP contribution in [-0.2, 0) is 11.8 Å². The minimum Gasteiger partial charge on any atom is -0.496 e. The lowest BCUT2D eigenvalue weighted by Crippen LogP contribution is -2.27. The Kier molecular flexibility index (Phi) is 5.39. The molecule has 0 spiro atoms. The molecule has 2 rings (SSSR count). The normalized spacial score (nSPS) is 11.2. The van der Waals surface area contributed by atoms with Crippen LogP contribution in [0.25, 0.3) is 0 Å². The van der Waals surface area contributed by atoms with E-state index in [9.17, 15) is 9.59 Å². The van der Waals surface area contributed by atoms with Crippen molar-refractivity contribution >= 4 is 5.91 Å². The summed E-state index contributed by atoms with van der Waals surface area (Å²) in [5, 5.41) is 8.75. The molecule has 0 fully saturated rings. The Morgan fingerprint density at radius 2 is 2.00 bits per heavy atom. The number of nitrogens with zero attached hydrogens (tertiary/aromatic N) is 1. The number of benzene rings is 1. The van der Waals surface area contributed by atoms with Crippen molar-refractivity contribution in [2.75, 3.05) is 13.7 Å². The summed E-state index contributed by atoms with van der Waals surface area (Å²) in [7, 11) is 1.67. The van der Waals surface area contributed by atoms with Gasteiger partial charge in [0.05, 0.1) is 7.11 Å². The molecule has 2 N–H and O–H groups in total. The van der Waals surface area contributed by atoms with Crippen LogP contribution in [-0.4, -0.2) is 29.8 Å². The highest BCUT2D eigenvalue weighted by Gasteiger charge is 2.19. The standard InChI is InChI=1S/C18H23N3O3/c1-18(2,3)13-11-12(5-7-15(13)24-4)9-10-19-17(23)14-6-8-16(22)21-20-14/h5-8,11H,9-10H2,1-4H3,(H,19,23)(H,21,22). The van der Waals surface area contributed by atoms with Gasteiger partial charge in [-0.1, -0.05) is 32.9 Å². The van der Waals surface area contributed by atoms with Crippen molar-refractivity contribution in [1.29, 1.82) is 0 Å². The molecule has 0 aliphatic rings. The van der Waals surface area contributed by atoms with E-state index in [0.717, 1.165) is 16.9 Å². The lowest BCUT2D eigenvalue weighted by atomic mass is 9.85. The highest BCUT2D eigenvalue weighted by atomic mass is 16.5. The molecule has 1 aromatic heterocycles. The van der Waals surface area contributed by atoms with E-state index in [1.165, 1.54) is 12.1 Å². The zero-order valence-corrected chi connectivity index (χ0v) is 14.5. The number of ether oxygens (including phenoxy) is 1. The zero-order valence-electron chi connectivity index (χ0n) is 14.5. The second kappa shape index (κ2) is 7.29. The molecule has 0 bridgehead atoms. The van der Waals surface area contributed by atoms with Gasteiger partial charge in [-0.05, 0) is 35.1 Å². The van der Waals surface area contributed by atoms with Crippen LogP contribution in [0.2, 0.25) is 0 Å². The third kappa shape index (κ3) is 4.44. The third-order valence-electron chi connectivity index (χ3n) is 3.68. The quantitative estimate of drug-likeness (QED) is 0.879. The molecular weight excluding hydrogens is 306 g/mol. The van der Waals surface area contributed by atoms with Crippen LogP contribution in [0.1, 0.15) is 42.4 Å². The van der Waals surface area contributed by atoms with Gasteiger partial charge in [0.1, 0.15) is 11.4 Å². The van der Waals surface area contributed by atoms with Gasteiger partial charge in [0, 0.05) is 12.6 Å². The fraction of sp³-hybridized carbons (Fsp3) is 0.389. The Hall–Kier alpha value is -2.63. The van der Waals surface area contributed by atoms with Crippen LogP contribution in [0.4, 0.5) is 0 Å². The number of amides is 1. The Labute approximate surface area is 141 Å². The number of hydrogen-bond acceptors (Lipinski definition) is 4. The Morgan fingerprint density at radius 1 is 1.25 bits per heavy atom. The fourth-order valence-corrected chi connectivity index (χ4v) is 2.38. The van der Waals surface area contributed by atoms with E-state index in [0.29, 0.717) is 13.0 Å². The molecule has 0 aliphatic carbocycles. The summed E-state index contributed by atoms with van der Waals surface area (Å²) in [6.45, 7) is 6.89. The fourth-order valence-electron chi connectivity index (χ4n) is 2.38. The minimum absolute atomic E-state index is 0.0234. The van der Waals surface area contributed by atoms with Crippen LogP contribution in [0.15, 0.2) is 35.1 Å². The predicted octanol–water partition coefficient (Wildman–Crippen LogP) is 2.05. The van der Waals surface area contributed by atoms with E-state index in [2.05, 4.69) is 42.4 Å². The average molecular weight is 329 g/mol. The van der Waals surface area contributed by atoms with Crippen LogP contribution in [0, 0.1) is 0 Å². The molecule has 0 saturated carbocycles. The first-order valence-electron chi connectivity index (χ1n) is 7.82. The lowest BCUT2D eigenvalue weighted by molar-refractivity contribution is 0.0948. The molecule has 6 nitrogen and oxygen atoms in total. The number of carbonyl (C=O) groups is 1. The molecule has 24 heavy (non-hydrogen) atoms. The van der Waals surface area contributed by atoms with Crippen LogP contribution in [0.3, 0.4) is 0 Å². The SMILES string of the molecule is COc1ccc(CCNC(=O)c2ccc(=O)[nH]n2)cc1C(C)(C)C. The largest absolute Gasteiger partial charge is 0.496 e. The number of methoxy groups -OCH3 is 1. The smallest absolute Gasteiger partial charge is 0.271 e. The van der Waals surface area contributed by atoms with E-state index < -0.39 is 0 Å². The van der Waals surface area contributed by atoms with E-state index in [1.807, 2.05) is 12.1 Å². The second-order valence-corrected chi connectivity index (χ2v) is 6.60. The number of aromatic nitrogens is 2. The van der Waals surface area contributed by atoms with Crippen molar-refractivity contribution < 1.29 is 9.53 Å². The summed E-state index contributed by atoms with van der Waals surface area (Å²) in [5.74, 6) is 0.559. The van der Waals surface area contributed by atoms with Crippen molar-refractivity contribution in [3.8, 4) is 5.75 Å². The molecule has 2 aromatic rings. The molecule has 1 heterocycles. The first-order chi connectivity index (χ1) is 11.3. The minimum atomic E-state index is -0.334. The van der Waals surface area contributed by atoms with Gasteiger partial charge in [-0.3, -0.25) is 9.59 Å². The van der Waals surface area contributed by atoms with Crippen molar-refractivity contribution in [3.05, 3.63) is 57.5 Å². The van der Waals surface area contributed by atoms with Crippen LogP contribution >= 0.6 is 0 Å². The summed E-state index contributed by atoms with van der Waals surface area (Å²) in [6, 6.07) is 8.75. The third-order valence-corrected chi connectivity index (χ3v) is 3.68. The second-order valence-electron chi connectivity index (χ2n) is 6.60. The lowest BCUT2D eigenvalue weighted by Gasteiger charge is -2.23. The molecule has 128 valence electrons. The van der Waals surface area contributed by atoms with Gasteiger partial charge >= 0.3 is 0 Å². The Morgan fingerprint density at radius 3 is 2.58 bits per heavy atom. The maximum absolute atomic E-state index is 12.0. The van der Waals surface area contributed by atoms with Gasteiger partial charge in [0.2, 0.25) is 0 Å². The van der Waals surface area contributed by atoms with E-state index >= 15 is 0 Å². The van der Waals surface area contributed by atoms with E-state index in [4.69, 9.17) is 4.74 Å². The Bertz CT molecular complexity index is 755. The van der Waals surface area contributed by atoms with Gasteiger partial charge in [-0.2, -0.15) is 5.10 Å². The number of aromatic amines is 1. The summed E-state index contributed by atoms with van der Waals surface area (Å²) in [4.78, 5) is 22.9. The molecule has 1 amide bonds. The number of nitrogens with one attached hydrogen (secondary N) is 2. The molecular formula is C18H23N3O3. The summed E-state index contributed by atoms with van der Waals surface area (Å²) >= 11 is 0. The molecule has 0 unspecified atom stereocenters. The highest BCUT2D eigenvalue weighted by Crippen LogP contribution is 2.32. The molecule has 6 heteroatoms. The van der Waals surface area contributed by atoms with Crippen molar-refractivity contribution in [3.63, 3.8) is 0 Å². The maximum atomic E-state index is 12.0. The summed E-state index contributed by atoms with van der Waals surface area (Å²) < 4.78 is 5.43. The van der Waals surface area contributed by atoms with Gasteiger partial charge in [0.15, 0.2) is 0 Å². The zero-order chi connectivity index (χ0) is 17.7. The van der Waals surface area contributed by atoms with Gasteiger partial charge in [0.25, 0.3) is 11.5 Å². The monoisotopic (exact) mass is 329 g/mol. The van der Waals surface area contributed by atoms with E-state index in [1.54, 1.807) is 7.11 Å². The van der Waals surface area contributed by atoms with Gasteiger partial charge < -0.3 is 10.1 Å². The highest BCUT2D eigenvalue weighted by molar-refractivity contribution is 5.91. The maximum Gasteiger partial charge on any atom is 0.271 e. The molecule has 0 atom stereocenters. The average Bonchev–Trinajstić information content (AvgIpc) is 2.54. The number of hydrogen-bond donors (Lipinski definition) is 2. The van der Waals surface area contributed by atoms with Gasteiger partial charge in [-0.25, -0.2) is 5.10 Å². The van der Waals surface area contributed by atoms with Crippen molar-refractivity contribution in [2.45, 2.75) is 32.6 Å². The molecule has 0 radical (unpaired) electrons. The number of carbonyl (C=O) groups excluding carboxylic acids is 1. The topological polar surface area (TPSA) is 84.1 Å². The van der Waals surface area contributed by atoms with E-state index in [-0.39, 0.29) is 22.6 Å². The molecule has 1 aromatic carbocycles. The molecule has 0 saturated heterocycles. The summed E-state index contributed by atoms with van der Waals surface area (Å²) in [6.07, 6.45) is 0.697. The van der Waals surface area contributed by atoms with Crippen molar-refractivity contribution in [1.82, 2.24) is 15.5 Å².